The fourth-order valence-electron chi connectivity index (χ4n) is 2.50. The van der Waals surface area contributed by atoms with Crippen molar-refractivity contribution in [3.8, 4) is 22.1 Å². The number of thiazole rings is 1. The van der Waals surface area contributed by atoms with Gasteiger partial charge in [-0.25, -0.2) is 13.8 Å². The number of methoxy groups -OCH3 is 1. The van der Waals surface area contributed by atoms with Crippen LogP contribution in [0.1, 0.15) is 16.1 Å². The number of rotatable bonds is 8. The van der Waals surface area contributed by atoms with Gasteiger partial charge in [-0.05, 0) is 36.4 Å². The van der Waals surface area contributed by atoms with Crippen molar-refractivity contribution in [3.05, 3.63) is 77.3 Å². The predicted molar refractivity (Wildman–Crippen MR) is 107 cm³/mol. The van der Waals surface area contributed by atoms with Gasteiger partial charge < -0.3 is 14.8 Å². The number of nitrogens with one attached hydrogen (secondary N) is 1. The monoisotopic (exact) mass is 416 g/mol. The number of amides is 1. The van der Waals surface area contributed by atoms with Crippen molar-refractivity contribution in [2.75, 3.05) is 13.7 Å². The van der Waals surface area contributed by atoms with E-state index in [0.717, 1.165) is 23.8 Å². The summed E-state index contributed by atoms with van der Waals surface area (Å²) in [7, 11) is 1.48. The first-order valence-electron chi connectivity index (χ1n) is 8.61. The third-order valence-electron chi connectivity index (χ3n) is 3.95. The second-order valence-electron chi connectivity index (χ2n) is 5.93. The third-order valence-corrected chi connectivity index (χ3v) is 4.84. The first-order chi connectivity index (χ1) is 14.0. The van der Waals surface area contributed by atoms with Gasteiger partial charge in [0.1, 0.15) is 28.9 Å². The largest absolute Gasteiger partial charge is 0.493 e. The van der Waals surface area contributed by atoms with Crippen LogP contribution in [-0.2, 0) is 6.61 Å². The number of benzene rings is 2. The standard InChI is InChI=1S/C21H18F2N2O3S/c1-3-8-24-20(26)17-12-29-21(25-17)13-4-7-18(19(10-13)27-2)28-11-14-9-15(22)5-6-16(14)23/h3-7,9-10,12H,1,8,11H2,2H3,(H,24,26). The zero-order valence-corrected chi connectivity index (χ0v) is 16.4. The van der Waals surface area contributed by atoms with Crippen LogP contribution in [0.4, 0.5) is 8.78 Å². The molecule has 0 saturated heterocycles. The van der Waals surface area contributed by atoms with Gasteiger partial charge in [-0.15, -0.1) is 17.9 Å². The minimum absolute atomic E-state index is 0.103. The average molecular weight is 416 g/mol. The van der Waals surface area contributed by atoms with Gasteiger partial charge in [-0.1, -0.05) is 6.08 Å². The maximum absolute atomic E-state index is 13.8. The molecule has 1 amide bonds. The maximum Gasteiger partial charge on any atom is 0.271 e. The molecule has 150 valence electrons. The van der Waals surface area contributed by atoms with E-state index >= 15 is 0 Å². The Labute approximate surface area is 170 Å². The van der Waals surface area contributed by atoms with Gasteiger partial charge >= 0.3 is 0 Å². The summed E-state index contributed by atoms with van der Waals surface area (Å²) in [5.74, 6) is -0.583. The lowest BCUT2D eigenvalue weighted by Gasteiger charge is -2.12. The van der Waals surface area contributed by atoms with E-state index in [0.29, 0.717) is 28.7 Å². The van der Waals surface area contributed by atoms with E-state index in [4.69, 9.17) is 9.47 Å². The van der Waals surface area contributed by atoms with Crippen molar-refractivity contribution in [2.24, 2.45) is 0 Å². The van der Waals surface area contributed by atoms with E-state index in [1.54, 1.807) is 29.7 Å². The summed E-state index contributed by atoms with van der Waals surface area (Å²) >= 11 is 1.32. The molecular weight excluding hydrogens is 398 g/mol. The van der Waals surface area contributed by atoms with Crippen molar-refractivity contribution in [1.29, 1.82) is 0 Å². The molecule has 0 spiro atoms. The SMILES string of the molecule is C=CCNC(=O)c1csc(-c2ccc(OCc3cc(F)ccc3F)c(OC)c2)n1. The minimum atomic E-state index is -0.549. The Balaban J connectivity index is 1.77. The Bertz CT molecular complexity index is 1040. The fraction of sp³-hybridized carbons (Fsp3) is 0.143. The van der Waals surface area contributed by atoms with Crippen LogP contribution in [0.15, 0.2) is 54.4 Å². The van der Waals surface area contributed by atoms with E-state index in [9.17, 15) is 13.6 Å². The lowest BCUT2D eigenvalue weighted by Crippen LogP contribution is -2.23. The van der Waals surface area contributed by atoms with E-state index in [2.05, 4.69) is 16.9 Å². The van der Waals surface area contributed by atoms with Gasteiger partial charge in [-0.2, -0.15) is 0 Å². The first kappa shape index (κ1) is 20.5. The molecule has 2 aromatic carbocycles. The highest BCUT2D eigenvalue weighted by molar-refractivity contribution is 7.13. The van der Waals surface area contributed by atoms with E-state index < -0.39 is 11.6 Å². The van der Waals surface area contributed by atoms with Gasteiger partial charge in [0.2, 0.25) is 0 Å². The lowest BCUT2D eigenvalue weighted by atomic mass is 10.2. The third kappa shape index (κ3) is 4.97. The predicted octanol–water partition coefficient (Wildman–Crippen LogP) is 4.59. The number of carbonyl (C=O) groups excluding carboxylic acids is 1. The molecule has 0 aliphatic carbocycles. The number of hydrogen-bond donors (Lipinski definition) is 1. The van der Waals surface area contributed by atoms with Crippen LogP contribution in [0.3, 0.4) is 0 Å². The molecule has 1 aromatic heterocycles. The Kier molecular flexibility index (Phi) is 6.56. The smallest absolute Gasteiger partial charge is 0.271 e. The highest BCUT2D eigenvalue weighted by Crippen LogP contribution is 2.34. The molecule has 8 heteroatoms. The molecule has 0 aliphatic heterocycles. The highest BCUT2D eigenvalue weighted by atomic mass is 32.1. The van der Waals surface area contributed by atoms with Gasteiger partial charge in [0, 0.05) is 23.1 Å². The van der Waals surface area contributed by atoms with Crippen LogP contribution in [0.5, 0.6) is 11.5 Å². The minimum Gasteiger partial charge on any atom is -0.493 e. The number of nitrogens with zero attached hydrogens (tertiary/aromatic N) is 1. The van der Waals surface area contributed by atoms with E-state index in [1.165, 1.54) is 18.4 Å². The van der Waals surface area contributed by atoms with Crippen molar-refractivity contribution < 1.29 is 23.0 Å². The van der Waals surface area contributed by atoms with Crippen LogP contribution < -0.4 is 14.8 Å². The number of aromatic nitrogens is 1. The molecule has 0 aliphatic rings. The molecule has 5 nitrogen and oxygen atoms in total. The molecule has 0 saturated carbocycles. The number of hydrogen-bond acceptors (Lipinski definition) is 5. The quantitative estimate of drug-likeness (QED) is 0.546. The molecule has 0 radical (unpaired) electrons. The van der Waals surface area contributed by atoms with E-state index in [-0.39, 0.29) is 18.1 Å². The second-order valence-corrected chi connectivity index (χ2v) is 6.78. The maximum atomic E-state index is 13.8. The molecule has 29 heavy (non-hydrogen) atoms. The van der Waals surface area contributed by atoms with Crippen LogP contribution >= 0.6 is 11.3 Å². The summed E-state index contributed by atoms with van der Waals surface area (Å²) in [4.78, 5) is 16.3. The van der Waals surface area contributed by atoms with Gasteiger partial charge in [0.05, 0.1) is 7.11 Å². The molecule has 0 bridgehead atoms. The van der Waals surface area contributed by atoms with Crippen molar-refractivity contribution >= 4 is 17.2 Å². The number of ether oxygens (including phenoxy) is 2. The normalized spacial score (nSPS) is 10.4. The molecule has 0 fully saturated rings. The summed E-state index contributed by atoms with van der Waals surface area (Å²) in [6.07, 6.45) is 1.59. The molecule has 1 N–H and O–H groups in total. The molecule has 0 atom stereocenters. The molecule has 0 unspecified atom stereocenters. The summed E-state index contributed by atoms with van der Waals surface area (Å²) in [5.41, 5.74) is 1.15. The molecule has 3 rings (SSSR count). The Morgan fingerprint density at radius 1 is 1.24 bits per heavy atom. The van der Waals surface area contributed by atoms with Gasteiger partial charge in [0.25, 0.3) is 5.91 Å². The van der Waals surface area contributed by atoms with Gasteiger partial charge in [-0.3, -0.25) is 4.79 Å². The molecule has 3 aromatic rings. The van der Waals surface area contributed by atoms with Gasteiger partial charge in [0.15, 0.2) is 11.5 Å². The topological polar surface area (TPSA) is 60.5 Å². The van der Waals surface area contributed by atoms with Crippen LogP contribution in [-0.4, -0.2) is 24.5 Å². The van der Waals surface area contributed by atoms with E-state index in [1.807, 2.05) is 0 Å². The van der Waals surface area contributed by atoms with Crippen LogP contribution in [0.2, 0.25) is 0 Å². The Hall–Kier alpha value is -3.26. The molecule has 1 heterocycles. The van der Waals surface area contributed by atoms with Crippen molar-refractivity contribution in [3.63, 3.8) is 0 Å². The summed E-state index contributed by atoms with van der Waals surface area (Å²) in [6, 6.07) is 8.31. The summed E-state index contributed by atoms with van der Waals surface area (Å²) < 4.78 is 38.0. The fourth-order valence-corrected chi connectivity index (χ4v) is 3.29. The van der Waals surface area contributed by atoms with Crippen molar-refractivity contribution in [1.82, 2.24) is 10.3 Å². The van der Waals surface area contributed by atoms with Crippen molar-refractivity contribution in [2.45, 2.75) is 6.61 Å². The lowest BCUT2D eigenvalue weighted by molar-refractivity contribution is 0.0954. The Morgan fingerprint density at radius 2 is 2.07 bits per heavy atom. The highest BCUT2D eigenvalue weighted by Gasteiger charge is 2.14. The number of carbonyl (C=O) groups is 1. The Morgan fingerprint density at radius 3 is 2.83 bits per heavy atom. The summed E-state index contributed by atoms with van der Waals surface area (Å²) in [6.45, 7) is 3.76. The molecular formula is C21H18F2N2O3S. The average Bonchev–Trinajstić information content (AvgIpc) is 3.23. The zero-order chi connectivity index (χ0) is 20.8. The van der Waals surface area contributed by atoms with Crippen LogP contribution in [0, 0.1) is 11.6 Å². The first-order valence-corrected chi connectivity index (χ1v) is 9.49. The number of halogens is 2. The second kappa shape index (κ2) is 9.29. The van der Waals surface area contributed by atoms with Crippen LogP contribution in [0.25, 0.3) is 10.6 Å². The zero-order valence-electron chi connectivity index (χ0n) is 15.6. The summed E-state index contributed by atoms with van der Waals surface area (Å²) in [5, 5.41) is 4.97.